The number of fused-ring (bicyclic) bond motifs is 3. The number of halogens is 3. The highest BCUT2D eigenvalue weighted by atomic mass is 19.4. The Kier molecular flexibility index (Phi) is 5.34. The molecule has 2 heterocycles. The number of nitrogens with zero attached hydrogens (tertiary/aromatic N) is 3. The quantitative estimate of drug-likeness (QED) is 0.755. The highest BCUT2D eigenvalue weighted by Gasteiger charge is 2.53. The normalized spacial score (nSPS) is 19.9. The molecule has 1 fully saturated rings. The van der Waals surface area contributed by atoms with Gasteiger partial charge in [-0.3, -0.25) is 19.3 Å². The number of nitrogens with one attached hydrogen (secondary N) is 1. The van der Waals surface area contributed by atoms with Gasteiger partial charge >= 0.3 is 6.18 Å². The van der Waals surface area contributed by atoms with Crippen LogP contribution in [0.25, 0.3) is 0 Å². The maximum absolute atomic E-state index is 13.6. The molecule has 1 atom stereocenters. The molecule has 33 heavy (non-hydrogen) atoms. The first kappa shape index (κ1) is 22.6. The first-order valence-corrected chi connectivity index (χ1v) is 10.4. The Balaban J connectivity index is 1.64. The summed E-state index contributed by atoms with van der Waals surface area (Å²) < 4.78 is 40.9. The summed E-state index contributed by atoms with van der Waals surface area (Å²) in [4.78, 5) is 43.0. The topological polar surface area (TPSA) is 73.0 Å². The zero-order valence-corrected chi connectivity index (χ0v) is 18.4. The molecule has 0 bridgehead atoms. The van der Waals surface area contributed by atoms with Crippen molar-refractivity contribution in [3.8, 4) is 0 Å². The number of hydrogen-bond donors (Lipinski definition) is 1. The van der Waals surface area contributed by atoms with Crippen LogP contribution in [0.3, 0.4) is 0 Å². The third-order valence-corrected chi connectivity index (χ3v) is 6.15. The number of benzene rings is 2. The number of anilines is 3. The molecule has 7 nitrogen and oxygen atoms in total. The summed E-state index contributed by atoms with van der Waals surface area (Å²) >= 11 is 0. The van der Waals surface area contributed by atoms with E-state index < -0.39 is 41.4 Å². The summed E-state index contributed by atoms with van der Waals surface area (Å²) in [5, 5.41) is 2.31. The van der Waals surface area contributed by atoms with E-state index in [2.05, 4.69) is 5.32 Å². The molecule has 0 saturated carbocycles. The van der Waals surface area contributed by atoms with E-state index in [0.29, 0.717) is 17.8 Å². The van der Waals surface area contributed by atoms with Gasteiger partial charge in [-0.25, -0.2) is 0 Å². The Hall–Kier alpha value is -3.56. The highest BCUT2D eigenvalue weighted by molar-refractivity contribution is 6.11. The van der Waals surface area contributed by atoms with E-state index in [-0.39, 0.29) is 17.9 Å². The largest absolute Gasteiger partial charge is 0.418 e. The molecule has 3 amide bonds. The van der Waals surface area contributed by atoms with E-state index in [4.69, 9.17) is 0 Å². The van der Waals surface area contributed by atoms with Crippen molar-refractivity contribution < 1.29 is 27.6 Å². The molecule has 1 N–H and O–H groups in total. The lowest BCUT2D eigenvalue weighted by atomic mass is 9.98. The number of carbonyl (C=O) groups is 3. The highest BCUT2D eigenvalue weighted by Crippen LogP contribution is 2.44. The number of hydrogen-bond acceptors (Lipinski definition) is 4. The van der Waals surface area contributed by atoms with Crippen LogP contribution in [-0.2, 0) is 15.8 Å². The minimum Gasteiger partial charge on any atom is -0.378 e. The molecular weight excluding hydrogens is 437 g/mol. The fourth-order valence-electron chi connectivity index (χ4n) is 4.43. The smallest absolute Gasteiger partial charge is 0.378 e. The van der Waals surface area contributed by atoms with Gasteiger partial charge in [0.1, 0.15) is 12.2 Å². The Bertz CT molecular complexity index is 1150. The second-order valence-electron chi connectivity index (χ2n) is 8.52. The van der Waals surface area contributed by atoms with Gasteiger partial charge in [-0.15, -0.1) is 0 Å². The molecule has 10 heteroatoms. The van der Waals surface area contributed by atoms with Crippen LogP contribution in [0.1, 0.15) is 35.7 Å². The molecule has 0 spiro atoms. The lowest BCUT2D eigenvalue weighted by molar-refractivity contribution is -0.137. The lowest BCUT2D eigenvalue weighted by Gasteiger charge is -2.48. The van der Waals surface area contributed by atoms with E-state index in [0.717, 1.165) is 6.07 Å². The number of rotatable bonds is 4. The molecule has 2 aliphatic heterocycles. The first-order valence-electron chi connectivity index (χ1n) is 10.4. The summed E-state index contributed by atoms with van der Waals surface area (Å²) in [5.41, 5.74) is -1.39. The van der Waals surface area contributed by atoms with Gasteiger partial charge in [-0.2, -0.15) is 13.2 Å². The standard InChI is InChI=1S/C23H23F3N4O3/c1-22-11-10-20(32)30(22)18-7-5-4-6-15(18)21(33)29(22)13-19(31)27-17-9-8-14(28(2)3)12-16(17)23(24,25)26/h4-9,12H,10-11,13H2,1-3H3,(H,27,31). The summed E-state index contributed by atoms with van der Waals surface area (Å²) in [6.07, 6.45) is -4.18. The van der Waals surface area contributed by atoms with Gasteiger partial charge in [-0.1, -0.05) is 12.1 Å². The monoisotopic (exact) mass is 460 g/mol. The summed E-state index contributed by atoms with van der Waals surface area (Å²) in [5.74, 6) is -1.42. The summed E-state index contributed by atoms with van der Waals surface area (Å²) in [6.45, 7) is 1.19. The van der Waals surface area contributed by atoms with E-state index in [1.807, 2.05) is 0 Å². The zero-order chi connectivity index (χ0) is 24.1. The second-order valence-corrected chi connectivity index (χ2v) is 8.52. The Labute approximate surface area is 188 Å². The van der Waals surface area contributed by atoms with Crippen molar-refractivity contribution in [3.63, 3.8) is 0 Å². The van der Waals surface area contributed by atoms with Crippen molar-refractivity contribution in [1.82, 2.24) is 4.90 Å². The predicted molar refractivity (Wildman–Crippen MR) is 117 cm³/mol. The molecule has 2 aromatic rings. The predicted octanol–water partition coefficient (Wildman–Crippen LogP) is 3.71. The maximum atomic E-state index is 13.6. The summed E-state index contributed by atoms with van der Waals surface area (Å²) in [7, 11) is 3.23. The molecule has 2 aliphatic rings. The van der Waals surface area contributed by atoms with Crippen LogP contribution in [0.2, 0.25) is 0 Å². The number of alkyl halides is 3. The van der Waals surface area contributed by atoms with Crippen molar-refractivity contribution >= 4 is 34.8 Å². The van der Waals surface area contributed by atoms with Gasteiger partial charge < -0.3 is 15.1 Å². The third kappa shape index (κ3) is 3.79. The van der Waals surface area contributed by atoms with Crippen LogP contribution in [0.5, 0.6) is 0 Å². The van der Waals surface area contributed by atoms with Gasteiger partial charge in [0.05, 0.1) is 22.5 Å². The van der Waals surface area contributed by atoms with Crippen LogP contribution in [-0.4, -0.2) is 48.9 Å². The van der Waals surface area contributed by atoms with E-state index in [9.17, 15) is 27.6 Å². The average Bonchev–Trinajstić information content (AvgIpc) is 3.06. The van der Waals surface area contributed by atoms with Crippen molar-refractivity contribution in [2.75, 3.05) is 35.8 Å². The maximum Gasteiger partial charge on any atom is 0.418 e. The Morgan fingerprint density at radius 3 is 2.52 bits per heavy atom. The molecule has 174 valence electrons. The molecule has 4 rings (SSSR count). The Morgan fingerprint density at radius 2 is 1.85 bits per heavy atom. The third-order valence-electron chi connectivity index (χ3n) is 6.15. The van der Waals surface area contributed by atoms with Gasteiger partial charge in [0.25, 0.3) is 5.91 Å². The SMILES string of the molecule is CN(C)c1ccc(NC(=O)CN2C(=O)c3ccccc3N3C(=O)CCC23C)c(C(F)(F)F)c1. The molecular formula is C23H23F3N4O3. The molecule has 0 aliphatic carbocycles. The first-order chi connectivity index (χ1) is 15.4. The minimum absolute atomic E-state index is 0.179. The lowest BCUT2D eigenvalue weighted by Crippen LogP contribution is -2.63. The van der Waals surface area contributed by atoms with Crippen LogP contribution < -0.4 is 15.1 Å². The van der Waals surface area contributed by atoms with Crippen LogP contribution in [0.15, 0.2) is 42.5 Å². The van der Waals surface area contributed by atoms with Gasteiger partial charge in [0.2, 0.25) is 11.8 Å². The molecule has 0 radical (unpaired) electrons. The van der Waals surface area contributed by atoms with Crippen molar-refractivity contribution in [2.45, 2.75) is 31.6 Å². The van der Waals surface area contributed by atoms with E-state index in [1.165, 1.54) is 26.8 Å². The Morgan fingerprint density at radius 1 is 1.15 bits per heavy atom. The number of carbonyl (C=O) groups excluding carboxylic acids is 3. The van der Waals surface area contributed by atoms with Crippen molar-refractivity contribution in [1.29, 1.82) is 0 Å². The average molecular weight is 460 g/mol. The van der Waals surface area contributed by atoms with E-state index in [1.54, 1.807) is 45.3 Å². The zero-order valence-electron chi connectivity index (χ0n) is 18.4. The molecule has 1 unspecified atom stereocenters. The molecule has 1 saturated heterocycles. The van der Waals surface area contributed by atoms with E-state index >= 15 is 0 Å². The fraction of sp³-hybridized carbons (Fsp3) is 0.348. The van der Waals surface area contributed by atoms with Crippen LogP contribution in [0.4, 0.5) is 30.2 Å². The van der Waals surface area contributed by atoms with Gasteiger partial charge in [0.15, 0.2) is 0 Å². The molecule has 0 aromatic heterocycles. The van der Waals surface area contributed by atoms with Crippen LogP contribution in [0, 0.1) is 0 Å². The van der Waals surface area contributed by atoms with Crippen LogP contribution >= 0.6 is 0 Å². The van der Waals surface area contributed by atoms with Gasteiger partial charge in [0, 0.05) is 26.2 Å². The summed E-state index contributed by atoms with van der Waals surface area (Å²) in [6, 6.07) is 10.2. The fourth-order valence-corrected chi connectivity index (χ4v) is 4.43. The molecule has 2 aromatic carbocycles. The van der Waals surface area contributed by atoms with Crippen molar-refractivity contribution in [2.24, 2.45) is 0 Å². The number of para-hydroxylation sites is 1. The number of amides is 3. The van der Waals surface area contributed by atoms with Crippen molar-refractivity contribution in [3.05, 3.63) is 53.6 Å². The minimum atomic E-state index is -4.69. The second kappa shape index (κ2) is 7.79. The van der Waals surface area contributed by atoms with Gasteiger partial charge in [-0.05, 0) is 43.7 Å².